The number of benzene rings is 2. The van der Waals surface area contributed by atoms with Crippen molar-refractivity contribution in [2.24, 2.45) is 0 Å². The Morgan fingerprint density at radius 2 is 1.13 bits per heavy atom. The van der Waals surface area contributed by atoms with E-state index in [2.05, 4.69) is 40.5 Å². The molecule has 2 saturated carbocycles. The number of halogens is 2. The van der Waals surface area contributed by atoms with Crippen molar-refractivity contribution in [3.63, 3.8) is 0 Å². The summed E-state index contributed by atoms with van der Waals surface area (Å²) in [5.41, 5.74) is 2.79. The summed E-state index contributed by atoms with van der Waals surface area (Å²) in [6, 6.07) is 18.4. The zero-order valence-corrected chi connectivity index (χ0v) is 31.5. The van der Waals surface area contributed by atoms with Gasteiger partial charge in [0.05, 0.1) is 6.10 Å². The number of fused-ring (bicyclic) bond motifs is 2. The summed E-state index contributed by atoms with van der Waals surface area (Å²) in [7, 11) is 0. The molecule has 2 aliphatic rings. The average Bonchev–Trinajstić information content (AvgIpc) is 3.17. The Labute approximate surface area is 325 Å². The lowest BCUT2D eigenvalue weighted by molar-refractivity contribution is -0.147. The first-order chi connectivity index (χ1) is 26.6. The number of aromatic nitrogens is 6. The lowest BCUT2D eigenvalue weighted by atomic mass is 9.93. The largest absolute Gasteiger partial charge is 0.463 e. The van der Waals surface area contributed by atoms with Crippen LogP contribution in [0.4, 0.5) is 11.9 Å². The monoisotopic (exact) mass is 782 g/mol. The van der Waals surface area contributed by atoms with Crippen molar-refractivity contribution in [1.29, 1.82) is 0 Å². The van der Waals surface area contributed by atoms with Gasteiger partial charge in [0.15, 0.2) is 0 Å². The molecule has 2 aliphatic carbocycles. The predicted molar refractivity (Wildman–Crippen MR) is 215 cm³/mol. The molecule has 5 N–H and O–H groups in total. The van der Waals surface area contributed by atoms with E-state index < -0.39 is 0 Å². The molecule has 0 saturated heterocycles. The topological polar surface area (TPSA) is 188 Å². The summed E-state index contributed by atoms with van der Waals surface area (Å²) in [5, 5.41) is 18.7. The molecule has 2 aromatic carbocycles. The third kappa shape index (κ3) is 9.30. The fraction of sp³-hybridized carbons (Fsp3) is 0.325. The molecule has 0 atom stereocenters. The molecule has 6 aromatic rings. The number of ether oxygens (including phenoxy) is 1. The van der Waals surface area contributed by atoms with Gasteiger partial charge in [-0.15, -0.1) is 0 Å². The third-order valence-electron chi connectivity index (χ3n) is 9.88. The van der Waals surface area contributed by atoms with Gasteiger partial charge in [-0.3, -0.25) is 14.4 Å². The summed E-state index contributed by atoms with van der Waals surface area (Å²) in [4.78, 5) is 59.5. The van der Waals surface area contributed by atoms with Gasteiger partial charge in [0.2, 0.25) is 11.9 Å². The average molecular weight is 784 g/mol. The minimum absolute atomic E-state index is 0.0114. The van der Waals surface area contributed by atoms with Crippen molar-refractivity contribution in [3.8, 4) is 22.3 Å². The molecule has 0 radical (unpaired) electrons. The molecular weight excluding hydrogens is 743 g/mol. The highest BCUT2D eigenvalue weighted by atomic mass is 35.5. The molecule has 15 heteroatoms. The van der Waals surface area contributed by atoms with Crippen molar-refractivity contribution in [3.05, 3.63) is 104 Å². The van der Waals surface area contributed by atoms with Crippen LogP contribution in [0.25, 0.3) is 44.3 Å². The number of pyridine rings is 2. The normalized spacial score (nSPS) is 19.6. The molecule has 13 nitrogen and oxygen atoms in total. The van der Waals surface area contributed by atoms with E-state index in [0.717, 1.165) is 62.1 Å². The molecule has 0 spiro atoms. The Morgan fingerprint density at radius 1 is 0.691 bits per heavy atom. The second kappa shape index (κ2) is 17.0. The number of hydrogen-bond acceptors (Lipinski definition) is 11. The number of H-pyrrole nitrogens is 2. The van der Waals surface area contributed by atoms with Crippen LogP contribution in [0.3, 0.4) is 0 Å². The number of aliphatic hydroxyl groups is 1. The second-order valence-electron chi connectivity index (χ2n) is 13.9. The third-order valence-corrected chi connectivity index (χ3v) is 10.5. The number of esters is 1. The highest BCUT2D eigenvalue weighted by Crippen LogP contribution is 2.29. The number of nitrogens with zero attached hydrogens (tertiary/aromatic N) is 4. The number of hydrogen-bond donors (Lipinski definition) is 5. The predicted octanol–water partition coefficient (Wildman–Crippen LogP) is 7.28. The van der Waals surface area contributed by atoms with E-state index in [-0.39, 0.29) is 41.4 Å². The maximum absolute atomic E-state index is 12.6. The van der Waals surface area contributed by atoms with Gasteiger partial charge in [-0.2, -0.15) is 9.97 Å². The number of anilines is 2. The van der Waals surface area contributed by atoms with Gasteiger partial charge < -0.3 is 30.4 Å². The van der Waals surface area contributed by atoms with Crippen LogP contribution in [0, 0.1) is 0 Å². The van der Waals surface area contributed by atoms with E-state index in [1.54, 1.807) is 36.7 Å². The van der Waals surface area contributed by atoms with Crippen LogP contribution in [0.5, 0.6) is 0 Å². The number of carbonyl (C=O) groups is 1. The van der Waals surface area contributed by atoms with Gasteiger partial charge in [-0.05, 0) is 75.6 Å². The Morgan fingerprint density at radius 3 is 1.56 bits per heavy atom. The van der Waals surface area contributed by atoms with Gasteiger partial charge in [0, 0.05) is 74.5 Å². The Bertz CT molecular complexity index is 2440. The summed E-state index contributed by atoms with van der Waals surface area (Å²) >= 11 is 12.4. The van der Waals surface area contributed by atoms with Crippen molar-refractivity contribution in [2.75, 3.05) is 10.6 Å². The van der Waals surface area contributed by atoms with Crippen molar-refractivity contribution >= 4 is 63.1 Å². The Balaban J connectivity index is 0.000000170. The van der Waals surface area contributed by atoms with Crippen LogP contribution >= 0.6 is 23.2 Å². The van der Waals surface area contributed by atoms with Crippen LogP contribution in [0.2, 0.25) is 10.0 Å². The lowest BCUT2D eigenvalue weighted by Gasteiger charge is -2.28. The first-order valence-electron chi connectivity index (χ1n) is 18.3. The van der Waals surface area contributed by atoms with E-state index in [0.29, 0.717) is 55.5 Å². The van der Waals surface area contributed by atoms with Crippen molar-refractivity contribution in [1.82, 2.24) is 29.9 Å². The minimum Gasteiger partial charge on any atom is -0.463 e. The molecule has 8 rings (SSSR count). The fourth-order valence-corrected chi connectivity index (χ4v) is 7.50. The zero-order chi connectivity index (χ0) is 38.5. The van der Waals surface area contributed by atoms with E-state index in [4.69, 9.17) is 27.9 Å². The Kier molecular flexibility index (Phi) is 11.7. The summed E-state index contributed by atoms with van der Waals surface area (Å²) in [6.07, 6.45) is 9.83. The van der Waals surface area contributed by atoms with Gasteiger partial charge in [-0.25, -0.2) is 9.97 Å². The molecule has 284 valence electrons. The highest BCUT2D eigenvalue weighted by Gasteiger charge is 2.24. The molecule has 4 aromatic heterocycles. The van der Waals surface area contributed by atoms with E-state index in [1.807, 2.05) is 36.4 Å². The fourth-order valence-electron chi connectivity index (χ4n) is 7.03. The van der Waals surface area contributed by atoms with Crippen LogP contribution in [-0.4, -0.2) is 65.3 Å². The van der Waals surface area contributed by atoms with Crippen LogP contribution < -0.4 is 21.8 Å². The summed E-state index contributed by atoms with van der Waals surface area (Å²) in [6.45, 7) is 1.44. The Hall–Kier alpha value is -5.37. The number of aliphatic hydroxyl groups excluding tert-OH is 1. The summed E-state index contributed by atoms with van der Waals surface area (Å²) < 4.78 is 5.27. The van der Waals surface area contributed by atoms with E-state index in [9.17, 15) is 19.5 Å². The van der Waals surface area contributed by atoms with Crippen LogP contribution in [0.1, 0.15) is 58.3 Å². The smallest absolute Gasteiger partial charge is 0.302 e. The highest BCUT2D eigenvalue weighted by molar-refractivity contribution is 6.33. The molecule has 2 fully saturated rings. The summed E-state index contributed by atoms with van der Waals surface area (Å²) in [5.74, 6) is 0.717. The molecular formula is C40H40Cl2N8O5. The maximum Gasteiger partial charge on any atom is 0.302 e. The number of aromatic amines is 2. The minimum atomic E-state index is -0.253. The van der Waals surface area contributed by atoms with Crippen LogP contribution in [0.15, 0.2) is 82.6 Å². The molecule has 4 heterocycles. The van der Waals surface area contributed by atoms with E-state index in [1.165, 1.54) is 6.92 Å². The standard InChI is InChI=1S/C21H21ClN4O3.C19H19ClN4O2/c1-12(27)29-15-8-6-14(7-9-15)24-21-23-11-13-10-17(20(28)25-19(13)26-21)16-4-2-3-5-18(16)22;20-16-4-2-1-3-14(16)15-9-11-10-21-19(24-17(11)23-18(15)26)22-12-5-7-13(25)8-6-12/h2-5,10-11,14-15H,6-9H2,1H3,(H2,23,24,25,26,28);1-4,9-10,12-13,25H,5-8H2,(H2,21,22,23,24,26). The zero-order valence-electron chi connectivity index (χ0n) is 30.0. The SMILES string of the molecule is CC(=O)OC1CCC(Nc2ncc3cc(-c4ccccc4Cl)c(=O)[nH]c3n2)CC1.O=c1[nH]c2nc(NC3CCC(O)CC3)ncc2cc1-c1ccccc1Cl. The quantitative estimate of drug-likeness (QED) is 0.102. The first-order valence-corrected chi connectivity index (χ1v) is 19.0. The van der Waals surface area contributed by atoms with Crippen molar-refractivity contribution < 1.29 is 14.6 Å². The molecule has 55 heavy (non-hydrogen) atoms. The van der Waals surface area contributed by atoms with Gasteiger partial charge >= 0.3 is 5.97 Å². The lowest BCUT2D eigenvalue weighted by Crippen LogP contribution is -2.31. The maximum atomic E-state index is 12.6. The van der Waals surface area contributed by atoms with E-state index >= 15 is 0 Å². The molecule has 0 amide bonds. The number of carbonyl (C=O) groups excluding carboxylic acids is 1. The van der Waals surface area contributed by atoms with Gasteiger partial charge in [0.25, 0.3) is 11.1 Å². The first kappa shape index (κ1) is 37.9. The second-order valence-corrected chi connectivity index (χ2v) is 14.7. The van der Waals surface area contributed by atoms with Crippen molar-refractivity contribution in [2.45, 2.75) is 82.6 Å². The number of nitrogens with one attached hydrogen (secondary N) is 4. The van der Waals surface area contributed by atoms with Gasteiger partial charge in [-0.1, -0.05) is 59.6 Å². The van der Waals surface area contributed by atoms with Crippen LogP contribution in [-0.2, 0) is 9.53 Å². The van der Waals surface area contributed by atoms with Gasteiger partial charge in [0.1, 0.15) is 17.4 Å². The molecule has 0 aliphatic heterocycles. The number of rotatable bonds is 7. The molecule has 0 unspecified atom stereocenters. The molecule has 0 bridgehead atoms.